The second kappa shape index (κ2) is 5.64. The van der Waals surface area contributed by atoms with Crippen LogP contribution >= 0.6 is 0 Å². The summed E-state index contributed by atoms with van der Waals surface area (Å²) in [6.07, 6.45) is 3.03. The van der Waals surface area contributed by atoms with Crippen molar-refractivity contribution in [3.63, 3.8) is 0 Å². The molecule has 0 radical (unpaired) electrons. The van der Waals surface area contributed by atoms with Crippen molar-refractivity contribution >= 4 is 5.91 Å². The van der Waals surface area contributed by atoms with Gasteiger partial charge in [0.2, 0.25) is 5.91 Å². The maximum Gasteiger partial charge on any atom is 0.240 e. The summed E-state index contributed by atoms with van der Waals surface area (Å²) in [5, 5.41) is 6.37. The van der Waals surface area contributed by atoms with E-state index in [1.807, 2.05) is 21.0 Å². The highest BCUT2D eigenvalue weighted by molar-refractivity contribution is 5.86. The minimum atomic E-state index is -0.341. The number of carbonyl (C=O) groups excluding carboxylic acids is 1. The van der Waals surface area contributed by atoms with E-state index in [1.54, 1.807) is 0 Å². The Balaban J connectivity index is 2.33. The molecule has 4 nitrogen and oxygen atoms in total. The molecule has 1 amide bonds. The van der Waals surface area contributed by atoms with E-state index in [0.29, 0.717) is 0 Å². The van der Waals surface area contributed by atoms with Crippen LogP contribution in [0.4, 0.5) is 0 Å². The number of amides is 1. The standard InChI is InChI=1S/C12H25N3O/c1-10(6-9-15(3)4)14-11(16)12(2)7-5-8-13-12/h10,13H,5-9H2,1-4H3,(H,14,16). The molecule has 1 heterocycles. The van der Waals surface area contributed by atoms with Crippen LogP contribution in [0, 0.1) is 0 Å². The highest BCUT2D eigenvalue weighted by Gasteiger charge is 2.36. The summed E-state index contributed by atoms with van der Waals surface area (Å²) in [5.41, 5.74) is -0.341. The van der Waals surface area contributed by atoms with Crippen LogP contribution in [0.1, 0.15) is 33.1 Å². The highest BCUT2D eigenvalue weighted by atomic mass is 16.2. The van der Waals surface area contributed by atoms with E-state index in [9.17, 15) is 4.79 Å². The summed E-state index contributed by atoms with van der Waals surface area (Å²) in [6, 6.07) is 0.245. The second-order valence-electron chi connectivity index (χ2n) is 5.33. The van der Waals surface area contributed by atoms with Crippen LogP contribution in [0.25, 0.3) is 0 Å². The second-order valence-corrected chi connectivity index (χ2v) is 5.33. The molecule has 1 aliphatic rings. The minimum absolute atomic E-state index is 0.149. The molecule has 2 unspecified atom stereocenters. The maximum absolute atomic E-state index is 12.0. The first kappa shape index (κ1) is 13.5. The average Bonchev–Trinajstić information content (AvgIpc) is 2.63. The largest absolute Gasteiger partial charge is 0.352 e. The van der Waals surface area contributed by atoms with Crippen LogP contribution in [0.5, 0.6) is 0 Å². The molecular formula is C12H25N3O. The molecule has 1 saturated heterocycles. The van der Waals surface area contributed by atoms with Gasteiger partial charge in [-0.1, -0.05) is 0 Å². The summed E-state index contributed by atoms with van der Waals surface area (Å²) >= 11 is 0. The topological polar surface area (TPSA) is 44.4 Å². The number of nitrogens with zero attached hydrogens (tertiary/aromatic N) is 1. The molecule has 0 aromatic carbocycles. The summed E-state index contributed by atoms with van der Waals surface area (Å²) in [7, 11) is 4.10. The Morgan fingerprint density at radius 3 is 2.75 bits per heavy atom. The average molecular weight is 227 g/mol. The number of carbonyl (C=O) groups is 1. The summed E-state index contributed by atoms with van der Waals surface area (Å²) < 4.78 is 0. The van der Waals surface area contributed by atoms with Crippen molar-refractivity contribution in [2.75, 3.05) is 27.2 Å². The molecule has 94 valence electrons. The van der Waals surface area contributed by atoms with Gasteiger partial charge in [0, 0.05) is 6.04 Å². The quantitative estimate of drug-likeness (QED) is 0.722. The molecule has 1 fully saturated rings. The van der Waals surface area contributed by atoms with E-state index in [0.717, 1.165) is 32.4 Å². The predicted octanol–water partition coefficient (Wildman–Crippen LogP) is 0.585. The Bertz CT molecular complexity index is 234. The molecule has 0 bridgehead atoms. The van der Waals surface area contributed by atoms with Gasteiger partial charge in [-0.15, -0.1) is 0 Å². The third-order valence-corrected chi connectivity index (χ3v) is 3.26. The maximum atomic E-state index is 12.0. The van der Waals surface area contributed by atoms with Gasteiger partial charge < -0.3 is 15.5 Å². The first-order valence-electron chi connectivity index (χ1n) is 6.15. The fourth-order valence-corrected chi connectivity index (χ4v) is 2.00. The minimum Gasteiger partial charge on any atom is -0.352 e. The van der Waals surface area contributed by atoms with Gasteiger partial charge in [0.1, 0.15) is 0 Å². The van der Waals surface area contributed by atoms with Crippen molar-refractivity contribution in [2.24, 2.45) is 0 Å². The first-order chi connectivity index (χ1) is 7.44. The third-order valence-electron chi connectivity index (χ3n) is 3.26. The normalized spacial score (nSPS) is 27.1. The zero-order valence-electron chi connectivity index (χ0n) is 11.0. The molecule has 2 atom stereocenters. The van der Waals surface area contributed by atoms with E-state index in [2.05, 4.69) is 22.5 Å². The van der Waals surface area contributed by atoms with Gasteiger partial charge in [0.15, 0.2) is 0 Å². The lowest BCUT2D eigenvalue weighted by Crippen LogP contribution is -2.53. The molecule has 0 spiro atoms. The Hall–Kier alpha value is -0.610. The first-order valence-corrected chi connectivity index (χ1v) is 6.15. The van der Waals surface area contributed by atoms with Crippen molar-refractivity contribution in [3.05, 3.63) is 0 Å². The molecule has 1 rings (SSSR count). The van der Waals surface area contributed by atoms with Gasteiger partial charge in [0.25, 0.3) is 0 Å². The van der Waals surface area contributed by atoms with Gasteiger partial charge in [-0.05, 0) is 60.3 Å². The van der Waals surface area contributed by atoms with E-state index in [1.165, 1.54) is 0 Å². The van der Waals surface area contributed by atoms with Crippen LogP contribution in [0.2, 0.25) is 0 Å². The molecule has 0 aromatic heterocycles. The Labute approximate surface area is 98.8 Å². The predicted molar refractivity (Wildman–Crippen MR) is 66.4 cm³/mol. The SMILES string of the molecule is CC(CCN(C)C)NC(=O)C1(C)CCCN1. The Kier molecular flexibility index (Phi) is 4.74. The molecule has 1 aliphatic heterocycles. The number of nitrogens with one attached hydrogen (secondary N) is 2. The Morgan fingerprint density at radius 2 is 2.25 bits per heavy atom. The number of hydrogen-bond donors (Lipinski definition) is 2. The fraction of sp³-hybridized carbons (Fsp3) is 0.917. The summed E-state index contributed by atoms with van der Waals surface area (Å²) in [6.45, 7) is 6.02. The van der Waals surface area contributed by atoms with Gasteiger partial charge in [-0.2, -0.15) is 0 Å². The zero-order valence-corrected chi connectivity index (χ0v) is 11.0. The van der Waals surface area contributed by atoms with Crippen molar-refractivity contribution in [3.8, 4) is 0 Å². The van der Waals surface area contributed by atoms with Gasteiger partial charge in [0.05, 0.1) is 5.54 Å². The third kappa shape index (κ3) is 3.76. The van der Waals surface area contributed by atoms with Crippen LogP contribution in [0.15, 0.2) is 0 Å². The smallest absolute Gasteiger partial charge is 0.240 e. The van der Waals surface area contributed by atoms with Crippen LogP contribution in [-0.2, 0) is 4.79 Å². The molecule has 4 heteroatoms. The van der Waals surface area contributed by atoms with Crippen molar-refractivity contribution in [2.45, 2.75) is 44.7 Å². The van der Waals surface area contributed by atoms with E-state index >= 15 is 0 Å². The van der Waals surface area contributed by atoms with Gasteiger partial charge in [-0.25, -0.2) is 0 Å². The zero-order chi connectivity index (χ0) is 12.2. The van der Waals surface area contributed by atoms with Crippen LogP contribution < -0.4 is 10.6 Å². The van der Waals surface area contributed by atoms with Gasteiger partial charge >= 0.3 is 0 Å². The molecule has 0 saturated carbocycles. The lowest BCUT2D eigenvalue weighted by molar-refractivity contribution is -0.127. The Morgan fingerprint density at radius 1 is 1.56 bits per heavy atom. The lowest BCUT2D eigenvalue weighted by atomic mass is 9.99. The molecule has 16 heavy (non-hydrogen) atoms. The summed E-state index contributed by atoms with van der Waals surface area (Å²) in [4.78, 5) is 14.2. The van der Waals surface area contributed by atoms with E-state index in [-0.39, 0.29) is 17.5 Å². The van der Waals surface area contributed by atoms with Crippen LogP contribution in [-0.4, -0.2) is 49.6 Å². The summed E-state index contributed by atoms with van der Waals surface area (Å²) in [5.74, 6) is 0.149. The molecule has 2 N–H and O–H groups in total. The fourth-order valence-electron chi connectivity index (χ4n) is 2.00. The highest BCUT2D eigenvalue weighted by Crippen LogP contribution is 2.18. The number of hydrogen-bond acceptors (Lipinski definition) is 3. The number of rotatable bonds is 5. The molecular weight excluding hydrogens is 202 g/mol. The van der Waals surface area contributed by atoms with Crippen LogP contribution in [0.3, 0.4) is 0 Å². The van der Waals surface area contributed by atoms with Crippen molar-refractivity contribution < 1.29 is 4.79 Å². The van der Waals surface area contributed by atoms with Crippen molar-refractivity contribution in [1.29, 1.82) is 0 Å². The monoisotopic (exact) mass is 227 g/mol. The lowest BCUT2D eigenvalue weighted by Gasteiger charge is -2.26. The molecule has 0 aliphatic carbocycles. The van der Waals surface area contributed by atoms with Gasteiger partial charge in [-0.3, -0.25) is 4.79 Å². The molecule has 0 aromatic rings. The van der Waals surface area contributed by atoms with Crippen molar-refractivity contribution in [1.82, 2.24) is 15.5 Å². The van der Waals surface area contributed by atoms with E-state index < -0.39 is 0 Å². The van der Waals surface area contributed by atoms with E-state index in [4.69, 9.17) is 0 Å².